The zero-order chi connectivity index (χ0) is 22.5. The number of carbonyl (C=O) groups excluding carboxylic acids is 3. The number of hydrogen-bond donors (Lipinski definition) is 1. The Bertz CT molecular complexity index is 956. The molecule has 0 spiro atoms. The number of aromatic nitrogens is 1. The molecule has 3 heterocycles. The first kappa shape index (κ1) is 22.3. The van der Waals surface area contributed by atoms with E-state index in [9.17, 15) is 14.4 Å². The molecule has 1 aromatic heterocycles. The number of carbonyl (C=O) groups is 3. The summed E-state index contributed by atoms with van der Waals surface area (Å²) in [5, 5.41) is 5.27. The number of nitrogens with one attached hydrogen (secondary N) is 1. The lowest BCUT2D eigenvalue weighted by atomic mass is 10.0. The van der Waals surface area contributed by atoms with Gasteiger partial charge in [0.2, 0.25) is 5.91 Å². The lowest BCUT2D eigenvalue weighted by Crippen LogP contribution is -2.49. The van der Waals surface area contributed by atoms with Gasteiger partial charge in [0.1, 0.15) is 0 Å². The first-order valence-corrected chi connectivity index (χ1v) is 12.1. The van der Waals surface area contributed by atoms with Crippen molar-refractivity contribution in [3.63, 3.8) is 0 Å². The van der Waals surface area contributed by atoms with Gasteiger partial charge in [0.05, 0.1) is 12.1 Å². The van der Waals surface area contributed by atoms with Crippen LogP contribution >= 0.6 is 11.3 Å². The van der Waals surface area contributed by atoms with Crippen LogP contribution in [-0.2, 0) is 11.2 Å². The van der Waals surface area contributed by atoms with Crippen molar-refractivity contribution in [3.8, 4) is 0 Å². The Kier molecular flexibility index (Phi) is 7.04. The van der Waals surface area contributed by atoms with E-state index in [4.69, 9.17) is 0 Å². The number of amides is 4. The van der Waals surface area contributed by atoms with E-state index in [1.165, 1.54) is 11.3 Å². The highest BCUT2D eigenvalue weighted by Gasteiger charge is 2.30. The largest absolute Gasteiger partial charge is 0.339 e. The predicted molar refractivity (Wildman–Crippen MR) is 124 cm³/mol. The van der Waals surface area contributed by atoms with Gasteiger partial charge >= 0.3 is 6.03 Å². The van der Waals surface area contributed by atoms with E-state index in [1.807, 2.05) is 45.5 Å². The van der Waals surface area contributed by atoms with Crippen LogP contribution in [0.1, 0.15) is 42.2 Å². The molecule has 1 N–H and O–H groups in total. The van der Waals surface area contributed by atoms with E-state index >= 15 is 0 Å². The highest BCUT2D eigenvalue weighted by molar-refractivity contribution is 7.14. The minimum Gasteiger partial charge on any atom is -0.339 e. The number of urea groups is 1. The van der Waals surface area contributed by atoms with Crippen molar-refractivity contribution in [1.29, 1.82) is 0 Å². The fourth-order valence-corrected chi connectivity index (χ4v) is 5.16. The summed E-state index contributed by atoms with van der Waals surface area (Å²) in [6.07, 6.45) is 2.67. The highest BCUT2D eigenvalue weighted by atomic mass is 32.1. The highest BCUT2D eigenvalue weighted by Crippen LogP contribution is 2.24. The van der Waals surface area contributed by atoms with E-state index in [2.05, 4.69) is 17.2 Å². The van der Waals surface area contributed by atoms with Crippen molar-refractivity contribution >= 4 is 34.3 Å². The van der Waals surface area contributed by atoms with Gasteiger partial charge in [-0.1, -0.05) is 25.1 Å². The average Bonchev–Trinajstić information content (AvgIpc) is 3.46. The van der Waals surface area contributed by atoms with Gasteiger partial charge in [-0.25, -0.2) is 9.78 Å². The molecule has 0 bridgehead atoms. The Balaban J connectivity index is 1.35. The van der Waals surface area contributed by atoms with Crippen molar-refractivity contribution in [2.75, 3.05) is 37.6 Å². The molecule has 0 atom stereocenters. The molecule has 32 heavy (non-hydrogen) atoms. The molecule has 2 aliphatic heterocycles. The summed E-state index contributed by atoms with van der Waals surface area (Å²) in [4.78, 5) is 47.7. The van der Waals surface area contributed by atoms with E-state index in [0.717, 1.165) is 19.3 Å². The van der Waals surface area contributed by atoms with Crippen molar-refractivity contribution in [3.05, 3.63) is 47.0 Å². The Morgan fingerprint density at radius 3 is 2.59 bits per heavy atom. The summed E-state index contributed by atoms with van der Waals surface area (Å²) >= 11 is 1.39. The van der Waals surface area contributed by atoms with Crippen molar-refractivity contribution < 1.29 is 14.4 Å². The molecule has 170 valence electrons. The Labute approximate surface area is 192 Å². The second-order valence-corrected chi connectivity index (χ2v) is 8.99. The molecule has 0 radical (unpaired) electrons. The molecule has 2 fully saturated rings. The normalized spacial score (nSPS) is 16.8. The van der Waals surface area contributed by atoms with Crippen LogP contribution in [0, 0.1) is 0 Å². The first-order chi connectivity index (χ1) is 15.6. The monoisotopic (exact) mass is 455 g/mol. The number of thiazole rings is 1. The SMILES string of the molecule is CCCN(C(=O)Cc1csc(N2CCNC2=O)n1)C1CCN(C(=O)c2ccccc2)CC1. The predicted octanol–water partition coefficient (Wildman–Crippen LogP) is 2.76. The molecule has 8 nitrogen and oxygen atoms in total. The second-order valence-electron chi connectivity index (χ2n) is 8.16. The summed E-state index contributed by atoms with van der Waals surface area (Å²) in [5.74, 6) is 0.112. The molecular formula is C23H29N5O3S. The topological polar surface area (TPSA) is 85.8 Å². The molecular weight excluding hydrogens is 426 g/mol. The van der Waals surface area contributed by atoms with Gasteiger partial charge in [-0.2, -0.15) is 0 Å². The summed E-state index contributed by atoms with van der Waals surface area (Å²) in [5.41, 5.74) is 1.41. The summed E-state index contributed by atoms with van der Waals surface area (Å²) < 4.78 is 0. The van der Waals surface area contributed by atoms with E-state index in [-0.39, 0.29) is 30.3 Å². The lowest BCUT2D eigenvalue weighted by molar-refractivity contribution is -0.133. The van der Waals surface area contributed by atoms with Gasteiger partial charge in [-0.3, -0.25) is 14.5 Å². The van der Waals surface area contributed by atoms with Gasteiger partial charge in [0.25, 0.3) is 5.91 Å². The number of hydrogen-bond acceptors (Lipinski definition) is 5. The van der Waals surface area contributed by atoms with Crippen molar-refractivity contribution in [2.45, 2.75) is 38.6 Å². The standard InChI is InChI=1S/C23H29N5O3S/c1-2-11-27(19-8-12-26(13-9-19)21(30)17-6-4-3-5-7-17)20(29)15-18-16-32-23(25-18)28-14-10-24-22(28)31/h3-7,16,19H,2,8-15H2,1H3,(H,24,31). The average molecular weight is 456 g/mol. The molecule has 9 heteroatoms. The summed E-state index contributed by atoms with van der Waals surface area (Å²) in [6.45, 7) is 5.28. The quantitative estimate of drug-likeness (QED) is 0.696. The summed E-state index contributed by atoms with van der Waals surface area (Å²) in [7, 11) is 0. The van der Waals surface area contributed by atoms with Gasteiger partial charge in [-0.15, -0.1) is 11.3 Å². The Morgan fingerprint density at radius 2 is 1.94 bits per heavy atom. The first-order valence-electron chi connectivity index (χ1n) is 11.2. The number of benzene rings is 1. The lowest BCUT2D eigenvalue weighted by Gasteiger charge is -2.38. The van der Waals surface area contributed by atoms with Gasteiger partial charge < -0.3 is 15.1 Å². The fraction of sp³-hybridized carbons (Fsp3) is 0.478. The zero-order valence-corrected chi connectivity index (χ0v) is 19.1. The van der Waals surface area contributed by atoms with E-state index in [1.54, 1.807) is 4.90 Å². The minimum absolute atomic E-state index is 0.0540. The van der Waals surface area contributed by atoms with Crippen LogP contribution in [0.3, 0.4) is 0 Å². The third-order valence-corrected chi connectivity index (χ3v) is 6.87. The molecule has 1 aromatic carbocycles. The van der Waals surface area contributed by atoms with Crippen LogP contribution in [0.25, 0.3) is 0 Å². The molecule has 4 rings (SSSR count). The molecule has 2 aliphatic rings. The maximum Gasteiger partial charge on any atom is 0.323 e. The molecule has 0 saturated carbocycles. The van der Waals surface area contributed by atoms with Crippen molar-refractivity contribution in [1.82, 2.24) is 20.1 Å². The van der Waals surface area contributed by atoms with Gasteiger partial charge in [-0.05, 0) is 31.4 Å². The number of rotatable bonds is 7. The van der Waals surface area contributed by atoms with Crippen LogP contribution < -0.4 is 10.2 Å². The second kappa shape index (κ2) is 10.1. The Hall–Kier alpha value is -2.94. The fourth-order valence-electron chi connectivity index (χ4n) is 4.31. The molecule has 2 saturated heterocycles. The van der Waals surface area contributed by atoms with Crippen LogP contribution in [0.5, 0.6) is 0 Å². The minimum atomic E-state index is -0.137. The third-order valence-electron chi connectivity index (χ3n) is 5.96. The maximum atomic E-state index is 13.2. The summed E-state index contributed by atoms with van der Waals surface area (Å²) in [6, 6.07) is 9.34. The zero-order valence-electron chi connectivity index (χ0n) is 18.3. The van der Waals surface area contributed by atoms with E-state index in [0.29, 0.717) is 49.1 Å². The molecule has 0 aliphatic carbocycles. The van der Waals surface area contributed by atoms with Gasteiger partial charge in [0, 0.05) is 49.7 Å². The van der Waals surface area contributed by atoms with Crippen LogP contribution in [0.2, 0.25) is 0 Å². The van der Waals surface area contributed by atoms with E-state index < -0.39 is 0 Å². The van der Waals surface area contributed by atoms with Crippen LogP contribution in [0.4, 0.5) is 9.93 Å². The number of nitrogens with zero attached hydrogens (tertiary/aromatic N) is 4. The third kappa shape index (κ3) is 4.93. The molecule has 0 unspecified atom stereocenters. The Morgan fingerprint density at radius 1 is 1.19 bits per heavy atom. The number of likely N-dealkylation sites (tertiary alicyclic amines) is 1. The molecule has 4 amide bonds. The number of piperidine rings is 1. The van der Waals surface area contributed by atoms with Gasteiger partial charge in [0.15, 0.2) is 5.13 Å². The smallest absolute Gasteiger partial charge is 0.323 e. The molecule has 2 aromatic rings. The van der Waals surface area contributed by atoms with Crippen molar-refractivity contribution in [2.24, 2.45) is 0 Å². The van der Waals surface area contributed by atoms with Crippen LogP contribution in [0.15, 0.2) is 35.7 Å². The van der Waals surface area contributed by atoms with Crippen LogP contribution in [-0.4, -0.2) is 71.4 Å². The maximum absolute atomic E-state index is 13.2. The number of anilines is 1.